The van der Waals surface area contributed by atoms with Gasteiger partial charge in [0, 0.05) is 32.4 Å². The summed E-state index contributed by atoms with van der Waals surface area (Å²) in [6, 6.07) is -0.738. The smallest absolute Gasteiger partial charge is 0.0831 e. The van der Waals surface area contributed by atoms with Crippen LogP contribution in [0.25, 0.3) is 0 Å². The largest absolute Gasteiger partial charge is 0.394 e. The van der Waals surface area contributed by atoms with Crippen molar-refractivity contribution in [1.82, 2.24) is 10.6 Å². The van der Waals surface area contributed by atoms with Crippen molar-refractivity contribution in [3.63, 3.8) is 0 Å². The molecular formula is C18H35N3O7. The molecule has 3 rings (SSSR count). The van der Waals surface area contributed by atoms with Gasteiger partial charge in [-0.3, -0.25) is 0 Å². The molecular weight excluding hydrogens is 370 g/mol. The van der Waals surface area contributed by atoms with Crippen LogP contribution in [0.1, 0.15) is 19.3 Å². The molecule has 3 saturated heterocycles. The third kappa shape index (κ3) is 6.05. The minimum absolute atomic E-state index is 0.0895. The second-order valence-corrected chi connectivity index (χ2v) is 8.15. The van der Waals surface area contributed by atoms with E-state index in [1.54, 1.807) is 0 Å². The Balaban J connectivity index is 1.33. The Morgan fingerprint density at radius 2 is 1.18 bits per heavy atom. The van der Waals surface area contributed by atoms with E-state index in [-0.39, 0.29) is 43.0 Å². The standard InChI is InChI=1S/C18H35N3O7/c19-13-7-26-10(1-16(13)23)4-20-14-8-27-11(2-17(14)24)5-21-15-9-28-12(6-22)3-18(15)25/h10-18,20-25H,1-9,19H2. The van der Waals surface area contributed by atoms with Crippen molar-refractivity contribution >= 4 is 0 Å². The van der Waals surface area contributed by atoms with Crippen LogP contribution < -0.4 is 16.4 Å². The van der Waals surface area contributed by atoms with Gasteiger partial charge in [0.1, 0.15) is 0 Å². The van der Waals surface area contributed by atoms with Crippen LogP contribution in [0.3, 0.4) is 0 Å². The maximum atomic E-state index is 10.4. The molecule has 0 saturated carbocycles. The molecule has 3 heterocycles. The van der Waals surface area contributed by atoms with Gasteiger partial charge in [-0.1, -0.05) is 0 Å². The predicted molar refractivity (Wildman–Crippen MR) is 99.7 cm³/mol. The molecule has 0 bridgehead atoms. The first-order valence-corrected chi connectivity index (χ1v) is 10.2. The summed E-state index contributed by atoms with van der Waals surface area (Å²) in [7, 11) is 0. The topological polar surface area (TPSA) is 159 Å². The second kappa shape index (κ2) is 10.6. The highest BCUT2D eigenvalue weighted by Gasteiger charge is 2.34. The van der Waals surface area contributed by atoms with Crippen molar-refractivity contribution in [2.24, 2.45) is 5.73 Å². The van der Waals surface area contributed by atoms with Crippen LogP contribution >= 0.6 is 0 Å². The lowest BCUT2D eigenvalue weighted by atomic mass is 9.98. The lowest BCUT2D eigenvalue weighted by Crippen LogP contribution is -2.56. The third-order valence-electron chi connectivity index (χ3n) is 5.90. The van der Waals surface area contributed by atoms with E-state index in [0.29, 0.717) is 52.2 Å². The van der Waals surface area contributed by atoms with Gasteiger partial charge in [-0.25, -0.2) is 0 Å². The Labute approximate surface area is 165 Å². The van der Waals surface area contributed by atoms with Crippen molar-refractivity contribution in [2.75, 3.05) is 39.5 Å². The van der Waals surface area contributed by atoms with Crippen LogP contribution in [0.5, 0.6) is 0 Å². The van der Waals surface area contributed by atoms with Crippen molar-refractivity contribution in [1.29, 1.82) is 0 Å². The van der Waals surface area contributed by atoms with Gasteiger partial charge < -0.3 is 51.0 Å². The zero-order valence-corrected chi connectivity index (χ0v) is 16.2. The molecule has 0 aromatic heterocycles. The lowest BCUT2D eigenvalue weighted by molar-refractivity contribution is -0.0947. The number of hydrogen-bond acceptors (Lipinski definition) is 10. The Bertz CT molecular complexity index is 474. The van der Waals surface area contributed by atoms with Gasteiger partial charge in [0.25, 0.3) is 0 Å². The van der Waals surface area contributed by atoms with E-state index in [2.05, 4.69) is 10.6 Å². The van der Waals surface area contributed by atoms with Crippen LogP contribution in [0, 0.1) is 0 Å². The fourth-order valence-electron chi connectivity index (χ4n) is 3.94. The van der Waals surface area contributed by atoms with E-state index in [9.17, 15) is 15.3 Å². The van der Waals surface area contributed by atoms with Gasteiger partial charge in [0.2, 0.25) is 0 Å². The van der Waals surface area contributed by atoms with Crippen molar-refractivity contribution in [3.8, 4) is 0 Å². The minimum Gasteiger partial charge on any atom is -0.394 e. The molecule has 3 fully saturated rings. The average molecular weight is 405 g/mol. The molecule has 0 aromatic carbocycles. The van der Waals surface area contributed by atoms with Crippen LogP contribution in [0.15, 0.2) is 0 Å². The van der Waals surface area contributed by atoms with E-state index in [0.717, 1.165) is 0 Å². The first kappa shape index (κ1) is 22.3. The summed E-state index contributed by atoms with van der Waals surface area (Å²) in [5.74, 6) is 0. The number of nitrogens with two attached hydrogens (primary N) is 1. The van der Waals surface area contributed by atoms with Crippen molar-refractivity contribution < 1.29 is 34.6 Å². The zero-order valence-electron chi connectivity index (χ0n) is 16.2. The summed E-state index contributed by atoms with van der Waals surface area (Å²) < 4.78 is 16.9. The van der Waals surface area contributed by atoms with Gasteiger partial charge in [-0.05, 0) is 0 Å². The van der Waals surface area contributed by atoms with Gasteiger partial charge >= 0.3 is 0 Å². The Morgan fingerprint density at radius 1 is 0.714 bits per heavy atom. The zero-order chi connectivity index (χ0) is 20.1. The highest BCUT2D eigenvalue weighted by Crippen LogP contribution is 2.18. The van der Waals surface area contributed by atoms with Crippen molar-refractivity contribution in [3.05, 3.63) is 0 Å². The molecule has 0 aromatic rings. The monoisotopic (exact) mass is 405 g/mol. The summed E-state index contributed by atoms with van der Waals surface area (Å²) in [6.45, 7) is 1.99. The number of nitrogens with one attached hydrogen (secondary N) is 2. The molecule has 0 spiro atoms. The first-order valence-electron chi connectivity index (χ1n) is 10.2. The maximum Gasteiger partial charge on any atom is 0.0831 e. The van der Waals surface area contributed by atoms with E-state index in [1.807, 2.05) is 0 Å². The molecule has 164 valence electrons. The predicted octanol–water partition coefficient (Wildman–Crippen LogP) is -3.33. The Kier molecular flexibility index (Phi) is 8.42. The summed E-state index contributed by atoms with van der Waals surface area (Å²) >= 11 is 0. The highest BCUT2D eigenvalue weighted by atomic mass is 16.5. The number of hydrogen-bond donors (Lipinski definition) is 7. The van der Waals surface area contributed by atoms with E-state index < -0.39 is 18.3 Å². The quantitative estimate of drug-likeness (QED) is 0.228. The van der Waals surface area contributed by atoms with E-state index in [4.69, 9.17) is 25.1 Å². The molecule has 10 nitrogen and oxygen atoms in total. The molecule has 9 atom stereocenters. The van der Waals surface area contributed by atoms with Gasteiger partial charge in [-0.15, -0.1) is 0 Å². The number of rotatable bonds is 7. The highest BCUT2D eigenvalue weighted by molar-refractivity contribution is 4.89. The summed E-state index contributed by atoms with van der Waals surface area (Å²) in [5.41, 5.74) is 5.73. The normalized spacial score (nSPS) is 45.1. The maximum absolute atomic E-state index is 10.4. The lowest BCUT2D eigenvalue weighted by Gasteiger charge is -2.38. The number of ether oxygens (including phenoxy) is 3. The summed E-state index contributed by atoms with van der Waals surface area (Å²) in [4.78, 5) is 0. The minimum atomic E-state index is -0.576. The fraction of sp³-hybridized carbons (Fsp3) is 1.00. The Morgan fingerprint density at radius 3 is 1.68 bits per heavy atom. The molecule has 3 aliphatic rings. The number of aliphatic hydroxyl groups excluding tert-OH is 4. The van der Waals surface area contributed by atoms with Crippen molar-refractivity contribution in [2.45, 2.75) is 74.0 Å². The van der Waals surface area contributed by atoms with E-state index >= 15 is 0 Å². The fourth-order valence-corrected chi connectivity index (χ4v) is 3.94. The molecule has 0 radical (unpaired) electrons. The second-order valence-electron chi connectivity index (χ2n) is 8.15. The molecule has 10 heteroatoms. The average Bonchev–Trinajstić information content (AvgIpc) is 2.68. The van der Waals surface area contributed by atoms with Crippen LogP contribution in [-0.2, 0) is 14.2 Å². The van der Waals surface area contributed by atoms with Crippen LogP contribution in [0.2, 0.25) is 0 Å². The van der Waals surface area contributed by atoms with Gasteiger partial charge in [0.05, 0.1) is 81.2 Å². The SMILES string of the molecule is NC1COC(CNC2COC(CNC3COC(CO)CC3O)CC2O)CC1O. The van der Waals surface area contributed by atoms with Gasteiger partial charge in [0.15, 0.2) is 0 Å². The molecule has 9 unspecified atom stereocenters. The Hall–Kier alpha value is -0.400. The number of aliphatic hydroxyl groups is 4. The molecule has 0 amide bonds. The van der Waals surface area contributed by atoms with Crippen LogP contribution in [-0.4, -0.2) is 115 Å². The molecule has 8 N–H and O–H groups in total. The molecule has 0 aliphatic carbocycles. The van der Waals surface area contributed by atoms with Gasteiger partial charge in [-0.2, -0.15) is 0 Å². The third-order valence-corrected chi connectivity index (χ3v) is 5.90. The summed E-state index contributed by atoms with van der Waals surface area (Å²) in [5, 5.41) is 46.0. The molecule has 3 aliphatic heterocycles. The molecule has 28 heavy (non-hydrogen) atoms. The first-order chi connectivity index (χ1) is 13.5. The van der Waals surface area contributed by atoms with E-state index in [1.165, 1.54) is 0 Å². The summed E-state index contributed by atoms with van der Waals surface area (Å²) in [6.07, 6.45) is -0.918. The van der Waals surface area contributed by atoms with Crippen LogP contribution in [0.4, 0.5) is 0 Å².